The number of nitriles is 1. The number of aryl methyl sites for hydroxylation is 1. The lowest BCUT2D eigenvalue weighted by Crippen LogP contribution is -2.03. The lowest BCUT2D eigenvalue weighted by molar-refractivity contribution is 0.609. The number of benzene rings is 2. The average Bonchev–Trinajstić information content (AvgIpc) is 2.39. The summed E-state index contributed by atoms with van der Waals surface area (Å²) in [6, 6.07) is 12.6. The molecule has 0 aromatic heterocycles. The topological polar surface area (TPSA) is 35.8 Å². The zero-order valence-corrected chi connectivity index (χ0v) is 12.0. The van der Waals surface area contributed by atoms with E-state index >= 15 is 0 Å². The van der Waals surface area contributed by atoms with Gasteiger partial charge in [0.05, 0.1) is 5.56 Å². The Morgan fingerprint density at radius 2 is 2.11 bits per heavy atom. The first-order chi connectivity index (χ1) is 9.11. The maximum absolute atomic E-state index is 13.9. The molecule has 0 atom stereocenters. The van der Waals surface area contributed by atoms with Gasteiger partial charge < -0.3 is 5.32 Å². The van der Waals surface area contributed by atoms with E-state index in [2.05, 4.69) is 21.2 Å². The summed E-state index contributed by atoms with van der Waals surface area (Å²) in [4.78, 5) is 0. The summed E-state index contributed by atoms with van der Waals surface area (Å²) < 4.78 is 14.8. The van der Waals surface area contributed by atoms with Crippen LogP contribution in [0.3, 0.4) is 0 Å². The molecule has 96 valence electrons. The standard InChI is InChI=1S/C15H12BrFN2/c1-10-5-6-14(13(16)7-10)19-9-12-4-2-3-11(8-18)15(12)17/h2-7,19H,9H2,1H3. The average molecular weight is 319 g/mol. The van der Waals surface area contributed by atoms with Crippen LogP contribution in [0.1, 0.15) is 16.7 Å². The second kappa shape index (κ2) is 5.85. The smallest absolute Gasteiger partial charge is 0.145 e. The molecule has 0 radical (unpaired) electrons. The summed E-state index contributed by atoms with van der Waals surface area (Å²) in [5.74, 6) is -0.458. The third-order valence-corrected chi connectivity index (χ3v) is 3.45. The van der Waals surface area contributed by atoms with Crippen LogP contribution in [0.25, 0.3) is 0 Å². The summed E-state index contributed by atoms with van der Waals surface area (Å²) >= 11 is 3.46. The second-order valence-electron chi connectivity index (χ2n) is 4.23. The molecule has 0 spiro atoms. The highest BCUT2D eigenvalue weighted by Crippen LogP contribution is 2.24. The van der Waals surface area contributed by atoms with E-state index in [9.17, 15) is 4.39 Å². The van der Waals surface area contributed by atoms with Crippen LogP contribution >= 0.6 is 15.9 Å². The van der Waals surface area contributed by atoms with Crippen LogP contribution < -0.4 is 5.32 Å². The highest BCUT2D eigenvalue weighted by molar-refractivity contribution is 9.10. The Morgan fingerprint density at radius 1 is 1.32 bits per heavy atom. The molecule has 2 nitrogen and oxygen atoms in total. The van der Waals surface area contributed by atoms with Gasteiger partial charge in [-0.2, -0.15) is 5.26 Å². The van der Waals surface area contributed by atoms with Crippen LogP contribution in [-0.4, -0.2) is 0 Å². The highest BCUT2D eigenvalue weighted by atomic mass is 79.9. The Kier molecular flexibility index (Phi) is 4.18. The number of hydrogen-bond acceptors (Lipinski definition) is 2. The fourth-order valence-corrected chi connectivity index (χ4v) is 2.39. The van der Waals surface area contributed by atoms with Gasteiger partial charge in [-0.05, 0) is 46.6 Å². The van der Waals surface area contributed by atoms with Crippen molar-refractivity contribution in [3.8, 4) is 6.07 Å². The molecule has 0 aliphatic rings. The van der Waals surface area contributed by atoms with Gasteiger partial charge in [0.15, 0.2) is 0 Å². The van der Waals surface area contributed by atoms with Gasteiger partial charge in [0, 0.05) is 22.3 Å². The zero-order valence-electron chi connectivity index (χ0n) is 10.4. The molecule has 0 bridgehead atoms. The fourth-order valence-electron chi connectivity index (χ4n) is 1.76. The highest BCUT2D eigenvalue weighted by Gasteiger charge is 2.07. The second-order valence-corrected chi connectivity index (χ2v) is 5.08. The number of hydrogen-bond donors (Lipinski definition) is 1. The van der Waals surface area contributed by atoms with Gasteiger partial charge in [0.25, 0.3) is 0 Å². The minimum Gasteiger partial charge on any atom is -0.380 e. The molecule has 0 unspecified atom stereocenters. The molecule has 0 amide bonds. The molecule has 0 saturated carbocycles. The monoisotopic (exact) mass is 318 g/mol. The molecule has 0 aliphatic carbocycles. The summed E-state index contributed by atoms with van der Waals surface area (Å²) in [5.41, 5.74) is 2.59. The molecule has 0 heterocycles. The third kappa shape index (κ3) is 3.12. The lowest BCUT2D eigenvalue weighted by Gasteiger charge is -2.10. The molecule has 0 saturated heterocycles. The summed E-state index contributed by atoms with van der Waals surface area (Å²) in [5, 5.41) is 11.9. The van der Waals surface area contributed by atoms with Crippen LogP contribution in [-0.2, 0) is 6.54 Å². The van der Waals surface area contributed by atoms with Crippen LogP contribution in [0, 0.1) is 24.1 Å². The van der Waals surface area contributed by atoms with E-state index in [1.807, 2.05) is 31.2 Å². The number of anilines is 1. The van der Waals surface area contributed by atoms with Gasteiger partial charge >= 0.3 is 0 Å². The third-order valence-electron chi connectivity index (χ3n) is 2.79. The maximum Gasteiger partial charge on any atom is 0.145 e. The van der Waals surface area contributed by atoms with Crippen LogP contribution in [0.5, 0.6) is 0 Å². The van der Waals surface area contributed by atoms with Crippen molar-refractivity contribution in [3.05, 3.63) is 63.4 Å². The number of nitrogens with one attached hydrogen (secondary N) is 1. The SMILES string of the molecule is Cc1ccc(NCc2cccc(C#N)c2F)c(Br)c1. The van der Waals surface area contributed by atoms with Crippen molar-refractivity contribution >= 4 is 21.6 Å². The molecule has 2 aromatic carbocycles. The first-order valence-electron chi connectivity index (χ1n) is 5.79. The van der Waals surface area contributed by atoms with Crippen LogP contribution in [0.15, 0.2) is 40.9 Å². The van der Waals surface area contributed by atoms with Gasteiger partial charge in [-0.1, -0.05) is 18.2 Å². The van der Waals surface area contributed by atoms with Gasteiger partial charge in [-0.3, -0.25) is 0 Å². The first-order valence-corrected chi connectivity index (χ1v) is 6.58. The molecule has 2 aromatic rings. The Morgan fingerprint density at radius 3 is 2.79 bits per heavy atom. The summed E-state index contributed by atoms with van der Waals surface area (Å²) in [6.45, 7) is 2.34. The first kappa shape index (κ1) is 13.6. The largest absolute Gasteiger partial charge is 0.380 e. The van der Waals surface area contributed by atoms with Gasteiger partial charge in [0.1, 0.15) is 11.9 Å². The van der Waals surface area contributed by atoms with Gasteiger partial charge in [0.2, 0.25) is 0 Å². The molecule has 2 rings (SSSR count). The van der Waals surface area contributed by atoms with Gasteiger partial charge in [-0.15, -0.1) is 0 Å². The van der Waals surface area contributed by atoms with Crippen molar-refractivity contribution in [2.24, 2.45) is 0 Å². The zero-order chi connectivity index (χ0) is 13.8. The molecule has 0 aliphatic heterocycles. The minimum absolute atomic E-state index is 0.0715. The maximum atomic E-state index is 13.9. The normalized spacial score (nSPS) is 10.0. The van der Waals surface area contributed by atoms with E-state index in [1.165, 1.54) is 6.07 Å². The van der Waals surface area contributed by atoms with Crippen molar-refractivity contribution in [2.45, 2.75) is 13.5 Å². The molecule has 19 heavy (non-hydrogen) atoms. The Labute approximate surface area is 120 Å². The van der Waals surface area contributed by atoms with E-state index in [4.69, 9.17) is 5.26 Å². The van der Waals surface area contributed by atoms with Crippen molar-refractivity contribution < 1.29 is 4.39 Å². The van der Waals surface area contributed by atoms with Crippen molar-refractivity contribution in [1.82, 2.24) is 0 Å². The molecule has 4 heteroatoms. The van der Waals surface area contributed by atoms with E-state index in [0.717, 1.165) is 15.7 Å². The lowest BCUT2D eigenvalue weighted by atomic mass is 10.1. The van der Waals surface area contributed by atoms with E-state index in [-0.39, 0.29) is 5.56 Å². The number of halogens is 2. The molecule has 0 fully saturated rings. The van der Waals surface area contributed by atoms with Crippen molar-refractivity contribution in [1.29, 1.82) is 5.26 Å². The van der Waals surface area contributed by atoms with Crippen LogP contribution in [0.2, 0.25) is 0 Å². The van der Waals surface area contributed by atoms with Crippen molar-refractivity contribution in [3.63, 3.8) is 0 Å². The quantitative estimate of drug-likeness (QED) is 0.911. The summed E-state index contributed by atoms with van der Waals surface area (Å²) in [6.07, 6.45) is 0. The molecular weight excluding hydrogens is 307 g/mol. The molecule has 1 N–H and O–H groups in total. The number of rotatable bonds is 3. The summed E-state index contributed by atoms with van der Waals surface area (Å²) in [7, 11) is 0. The van der Waals surface area contributed by atoms with Gasteiger partial charge in [-0.25, -0.2) is 4.39 Å². The predicted molar refractivity (Wildman–Crippen MR) is 77.3 cm³/mol. The van der Waals surface area contributed by atoms with E-state index in [0.29, 0.717) is 12.1 Å². The van der Waals surface area contributed by atoms with E-state index in [1.54, 1.807) is 12.1 Å². The fraction of sp³-hybridized carbons (Fsp3) is 0.133. The Bertz CT molecular complexity index is 647. The Hall–Kier alpha value is -1.86. The van der Waals surface area contributed by atoms with Crippen LogP contribution in [0.4, 0.5) is 10.1 Å². The molecular formula is C15H12BrFN2. The van der Waals surface area contributed by atoms with Crippen molar-refractivity contribution in [2.75, 3.05) is 5.32 Å². The number of nitrogens with zero attached hydrogens (tertiary/aromatic N) is 1. The van der Waals surface area contributed by atoms with E-state index < -0.39 is 5.82 Å². The minimum atomic E-state index is -0.458. The predicted octanol–water partition coefficient (Wildman–Crippen LogP) is 4.38. The Balaban J connectivity index is 2.17.